The molecule has 0 aliphatic carbocycles. The second kappa shape index (κ2) is 16.2. The third kappa shape index (κ3) is 7.88. The van der Waals surface area contributed by atoms with Crippen LogP contribution >= 0.6 is 0 Å². The highest BCUT2D eigenvalue weighted by molar-refractivity contribution is 6.02. The third-order valence-corrected chi connectivity index (χ3v) is 10.4. The number of ether oxygens (including phenoxy) is 6. The van der Waals surface area contributed by atoms with Gasteiger partial charge in [0.1, 0.15) is 84.7 Å². The molecular formula is C49H48O12. The van der Waals surface area contributed by atoms with Crippen molar-refractivity contribution in [1.29, 1.82) is 0 Å². The smallest absolute Gasteiger partial charge is 0.348 e. The zero-order valence-corrected chi connectivity index (χ0v) is 35.8. The van der Waals surface area contributed by atoms with Gasteiger partial charge in [-0.25, -0.2) is 9.59 Å². The first-order valence-electron chi connectivity index (χ1n) is 19.5. The summed E-state index contributed by atoms with van der Waals surface area (Å²) in [6.07, 6.45) is 10.2. The van der Waals surface area contributed by atoms with Gasteiger partial charge in [0, 0.05) is 11.6 Å². The van der Waals surface area contributed by atoms with Crippen LogP contribution in [0.1, 0.15) is 58.2 Å². The molecule has 4 heterocycles. The fraction of sp³-hybridized carbons (Fsp3) is 0.265. The van der Waals surface area contributed by atoms with Gasteiger partial charge in [-0.05, 0) is 108 Å². The monoisotopic (exact) mass is 828 g/mol. The van der Waals surface area contributed by atoms with Crippen molar-refractivity contribution in [3.05, 3.63) is 116 Å². The molecule has 8 rings (SSSR count). The van der Waals surface area contributed by atoms with E-state index in [1.165, 1.54) is 26.4 Å². The summed E-state index contributed by atoms with van der Waals surface area (Å²) in [6, 6.07) is 14.8. The molecule has 0 unspecified atom stereocenters. The van der Waals surface area contributed by atoms with Gasteiger partial charge < -0.3 is 47.5 Å². The van der Waals surface area contributed by atoms with Crippen molar-refractivity contribution in [2.24, 2.45) is 0 Å². The van der Waals surface area contributed by atoms with E-state index in [1.807, 2.05) is 65.8 Å². The molecule has 0 bridgehead atoms. The first-order valence-corrected chi connectivity index (χ1v) is 19.5. The first-order chi connectivity index (χ1) is 29.0. The van der Waals surface area contributed by atoms with Gasteiger partial charge in [-0.2, -0.15) is 0 Å². The highest BCUT2D eigenvalue weighted by Gasteiger charge is 2.33. The summed E-state index contributed by atoms with van der Waals surface area (Å²) in [4.78, 5) is 25.8. The minimum absolute atomic E-state index is 0.00458. The van der Waals surface area contributed by atoms with Crippen LogP contribution in [0.5, 0.6) is 46.0 Å². The van der Waals surface area contributed by atoms with E-state index in [-0.39, 0.29) is 22.6 Å². The molecule has 12 heteroatoms. The summed E-state index contributed by atoms with van der Waals surface area (Å²) in [6.45, 7) is 11.8. The van der Waals surface area contributed by atoms with Crippen molar-refractivity contribution in [3.63, 3.8) is 0 Å². The molecule has 0 atom stereocenters. The zero-order chi connectivity index (χ0) is 44.0. The molecule has 0 saturated carbocycles. The molecule has 2 aromatic heterocycles. The SMILES string of the molecule is COc1c(CC=C(C)C)c2c(c3oc(=O)c(-c4ccc(O)cc4)c(O)c13)C=CC(C)(C)O2.COc1ccc(-c2c(OC)c3c(OC)c4c(cc3oc2=O)OC(C)(C)C=C4)cc1. The molecule has 0 spiro atoms. The number of phenolic OH excluding ortho intramolecular Hbond substituents is 1. The van der Waals surface area contributed by atoms with Crippen molar-refractivity contribution in [1.82, 2.24) is 0 Å². The van der Waals surface area contributed by atoms with E-state index >= 15 is 0 Å². The fourth-order valence-corrected chi connectivity index (χ4v) is 7.45. The Balaban J connectivity index is 0.000000185. The van der Waals surface area contributed by atoms with Gasteiger partial charge >= 0.3 is 11.3 Å². The Labute approximate surface area is 352 Å². The lowest BCUT2D eigenvalue weighted by Gasteiger charge is -2.31. The van der Waals surface area contributed by atoms with Gasteiger partial charge in [0.15, 0.2) is 5.58 Å². The van der Waals surface area contributed by atoms with Crippen LogP contribution < -0.4 is 39.7 Å². The maximum absolute atomic E-state index is 12.9. The van der Waals surface area contributed by atoms with Crippen molar-refractivity contribution >= 4 is 34.1 Å². The number of allylic oxidation sites excluding steroid dienone is 2. The summed E-state index contributed by atoms with van der Waals surface area (Å²) in [5.41, 5.74) is 2.96. The minimum Gasteiger partial charge on any atom is -0.508 e. The summed E-state index contributed by atoms with van der Waals surface area (Å²) in [5.74, 6) is 2.97. The van der Waals surface area contributed by atoms with Gasteiger partial charge in [-0.3, -0.25) is 0 Å². The van der Waals surface area contributed by atoms with Crippen LogP contribution in [0.2, 0.25) is 0 Å². The Hall–Kier alpha value is -7.08. The molecule has 2 N–H and O–H groups in total. The second-order valence-electron chi connectivity index (χ2n) is 15.9. The fourth-order valence-electron chi connectivity index (χ4n) is 7.45. The number of rotatable bonds is 8. The van der Waals surface area contributed by atoms with Crippen LogP contribution in [0.25, 0.3) is 56.3 Å². The summed E-state index contributed by atoms with van der Waals surface area (Å²) >= 11 is 0. The van der Waals surface area contributed by atoms with E-state index < -0.39 is 22.5 Å². The largest absolute Gasteiger partial charge is 0.508 e. The number of hydrogen-bond acceptors (Lipinski definition) is 12. The predicted octanol–water partition coefficient (Wildman–Crippen LogP) is 10.2. The van der Waals surface area contributed by atoms with Crippen LogP contribution in [0.4, 0.5) is 0 Å². The van der Waals surface area contributed by atoms with Crippen LogP contribution in [-0.4, -0.2) is 49.9 Å². The Morgan fingerprint density at radius 3 is 1.85 bits per heavy atom. The lowest BCUT2D eigenvalue weighted by molar-refractivity contribution is 0.156. The Kier molecular flexibility index (Phi) is 11.2. The first kappa shape index (κ1) is 42.1. The highest BCUT2D eigenvalue weighted by Crippen LogP contribution is 2.50. The molecule has 0 saturated heterocycles. The quantitative estimate of drug-likeness (QED) is 0.111. The number of phenols is 1. The van der Waals surface area contributed by atoms with E-state index in [1.54, 1.807) is 56.7 Å². The van der Waals surface area contributed by atoms with Gasteiger partial charge in [-0.15, -0.1) is 0 Å². The lowest BCUT2D eigenvalue weighted by atomic mass is 9.93. The molecule has 2 aliphatic heterocycles. The Morgan fingerprint density at radius 2 is 1.25 bits per heavy atom. The van der Waals surface area contributed by atoms with Gasteiger partial charge in [0.2, 0.25) is 0 Å². The molecule has 2 aliphatic rings. The molecule has 0 amide bonds. The summed E-state index contributed by atoms with van der Waals surface area (Å²) in [7, 11) is 6.20. The standard InChI is InChI=1S/C26H26O6.C23H22O6/c1-14(2)6-11-17-22-18(12-13-26(3,4)32-22)24-20(23(17)30-5)21(28)19(25(29)31-24)15-7-9-16(27)10-8-15;1-23(2)11-10-15-16(29-23)12-17-19(20(15)26-4)21(27-5)18(22(24)28-17)13-6-8-14(25-3)9-7-13/h6-10,12-13,27-28H,11H2,1-5H3;6-12H,1-5H3. The van der Waals surface area contributed by atoms with Crippen molar-refractivity contribution in [2.75, 3.05) is 28.4 Å². The average molecular weight is 829 g/mol. The van der Waals surface area contributed by atoms with Crippen molar-refractivity contribution < 1.29 is 47.5 Å². The third-order valence-electron chi connectivity index (χ3n) is 10.4. The van der Waals surface area contributed by atoms with Crippen LogP contribution in [0, 0.1) is 0 Å². The number of benzene rings is 4. The molecule has 316 valence electrons. The maximum Gasteiger partial charge on any atom is 0.348 e. The second-order valence-corrected chi connectivity index (χ2v) is 15.9. The summed E-state index contributed by atoms with van der Waals surface area (Å²) in [5, 5.41) is 21.8. The number of hydrogen-bond donors (Lipinski definition) is 2. The van der Waals surface area contributed by atoms with Crippen LogP contribution in [0.15, 0.2) is 96.8 Å². The molecule has 12 nitrogen and oxygen atoms in total. The van der Waals surface area contributed by atoms with Crippen molar-refractivity contribution in [2.45, 2.75) is 59.2 Å². The Bertz CT molecular complexity index is 2890. The highest BCUT2D eigenvalue weighted by atomic mass is 16.5. The van der Waals surface area contributed by atoms with E-state index in [0.29, 0.717) is 79.5 Å². The lowest BCUT2D eigenvalue weighted by Crippen LogP contribution is -2.28. The van der Waals surface area contributed by atoms with Crippen LogP contribution in [0.3, 0.4) is 0 Å². The van der Waals surface area contributed by atoms with Crippen LogP contribution in [-0.2, 0) is 6.42 Å². The minimum atomic E-state index is -0.694. The molecule has 61 heavy (non-hydrogen) atoms. The maximum atomic E-state index is 12.9. The molecule has 0 radical (unpaired) electrons. The number of methoxy groups -OCH3 is 4. The Morgan fingerprint density at radius 1 is 0.672 bits per heavy atom. The average Bonchev–Trinajstić information content (AvgIpc) is 3.21. The van der Waals surface area contributed by atoms with Gasteiger partial charge in [0.25, 0.3) is 0 Å². The van der Waals surface area contributed by atoms with E-state index in [9.17, 15) is 19.8 Å². The molecule has 0 fully saturated rings. The molecule has 4 aromatic carbocycles. The molecular weight excluding hydrogens is 781 g/mol. The van der Waals surface area contributed by atoms with Gasteiger partial charge in [0.05, 0.1) is 39.6 Å². The van der Waals surface area contributed by atoms with E-state index in [4.69, 9.17) is 37.3 Å². The predicted molar refractivity (Wildman–Crippen MR) is 236 cm³/mol. The van der Waals surface area contributed by atoms with Crippen molar-refractivity contribution in [3.8, 4) is 68.2 Å². The van der Waals surface area contributed by atoms with Gasteiger partial charge in [-0.1, -0.05) is 35.9 Å². The number of fused-ring (bicyclic) bond motifs is 5. The van der Waals surface area contributed by atoms with E-state index in [0.717, 1.165) is 16.7 Å². The van der Waals surface area contributed by atoms with E-state index in [2.05, 4.69) is 6.08 Å². The topological polar surface area (TPSA) is 156 Å². The summed E-state index contributed by atoms with van der Waals surface area (Å²) < 4.78 is 46.1. The normalized spacial score (nSPS) is 14.1. The zero-order valence-electron chi connectivity index (χ0n) is 35.8. The number of aromatic hydroxyl groups is 2. The molecule has 6 aromatic rings.